The molecule has 4 aliphatic carbocycles. The summed E-state index contributed by atoms with van der Waals surface area (Å²) in [6.45, 7) is 2.41. The van der Waals surface area contributed by atoms with E-state index in [1.807, 2.05) is 6.08 Å². The van der Waals surface area contributed by atoms with Crippen LogP contribution in [0.15, 0.2) is 23.3 Å². The normalized spacial score (nSPS) is 44.9. The molecule has 0 bridgehead atoms. The molecule has 5 atom stereocenters. The summed E-state index contributed by atoms with van der Waals surface area (Å²) in [5, 5.41) is 0. The highest BCUT2D eigenvalue weighted by atomic mass is 16.1. The van der Waals surface area contributed by atoms with E-state index >= 15 is 0 Å². The number of hydrogen-bond donors (Lipinski definition) is 0. The summed E-state index contributed by atoms with van der Waals surface area (Å²) < 4.78 is 0. The average molecular weight is 280 g/mol. The Bertz CT molecular complexity index is 587. The van der Waals surface area contributed by atoms with E-state index in [1.165, 1.54) is 36.8 Å². The van der Waals surface area contributed by atoms with Crippen molar-refractivity contribution in [2.75, 3.05) is 0 Å². The number of ketones is 1. The van der Waals surface area contributed by atoms with Gasteiger partial charge in [0.2, 0.25) is 0 Å². The van der Waals surface area contributed by atoms with E-state index < -0.39 is 0 Å². The fourth-order valence-electron chi connectivity index (χ4n) is 5.97. The van der Waals surface area contributed by atoms with Gasteiger partial charge in [-0.25, -0.2) is 0 Å². The molecular formula is C20H24O. The van der Waals surface area contributed by atoms with E-state index in [9.17, 15) is 4.79 Å². The number of carbonyl (C=O) groups excluding carboxylic acids is 1. The van der Waals surface area contributed by atoms with E-state index in [4.69, 9.17) is 6.42 Å². The van der Waals surface area contributed by atoms with Gasteiger partial charge in [0.05, 0.1) is 0 Å². The van der Waals surface area contributed by atoms with Crippen LogP contribution < -0.4 is 0 Å². The Morgan fingerprint density at radius 1 is 1.24 bits per heavy atom. The minimum Gasteiger partial charge on any atom is -0.295 e. The van der Waals surface area contributed by atoms with Crippen molar-refractivity contribution in [2.45, 2.75) is 51.9 Å². The van der Waals surface area contributed by atoms with Crippen LogP contribution in [-0.4, -0.2) is 5.78 Å². The fraction of sp³-hybridized carbons (Fsp3) is 0.650. The zero-order chi connectivity index (χ0) is 14.6. The van der Waals surface area contributed by atoms with Crippen LogP contribution >= 0.6 is 0 Å². The quantitative estimate of drug-likeness (QED) is 0.605. The minimum atomic E-state index is 0.265. The lowest BCUT2D eigenvalue weighted by Crippen LogP contribution is -2.45. The first kappa shape index (κ1) is 13.4. The Hall–Kier alpha value is -1.29. The smallest absolute Gasteiger partial charge is 0.155 e. The maximum atomic E-state index is 11.7. The SMILES string of the molecule is C#CC1=CC[C@H]2[C@@H]3CCC4=CC(=O)CC[C@@H]4[C@H]3CC[C@]12C. The van der Waals surface area contributed by atoms with Crippen molar-refractivity contribution in [1.29, 1.82) is 0 Å². The Kier molecular flexibility index (Phi) is 2.93. The molecule has 110 valence electrons. The zero-order valence-electron chi connectivity index (χ0n) is 12.9. The van der Waals surface area contributed by atoms with Crippen LogP contribution in [-0.2, 0) is 4.79 Å². The summed E-state index contributed by atoms with van der Waals surface area (Å²) in [5.41, 5.74) is 3.01. The molecule has 0 unspecified atom stereocenters. The fourth-order valence-corrected chi connectivity index (χ4v) is 5.97. The largest absolute Gasteiger partial charge is 0.295 e. The second kappa shape index (κ2) is 4.60. The van der Waals surface area contributed by atoms with Crippen LogP contribution in [0.3, 0.4) is 0 Å². The minimum absolute atomic E-state index is 0.265. The molecule has 0 spiro atoms. The van der Waals surface area contributed by atoms with E-state index in [0.717, 1.165) is 37.0 Å². The van der Waals surface area contributed by atoms with Gasteiger partial charge in [0, 0.05) is 17.4 Å². The van der Waals surface area contributed by atoms with Gasteiger partial charge in [-0.1, -0.05) is 24.5 Å². The highest BCUT2D eigenvalue weighted by molar-refractivity contribution is 5.91. The molecule has 2 saturated carbocycles. The number of hydrogen-bond acceptors (Lipinski definition) is 1. The summed E-state index contributed by atoms with van der Waals surface area (Å²) in [5.74, 6) is 6.40. The third-order valence-corrected chi connectivity index (χ3v) is 7.04. The summed E-state index contributed by atoms with van der Waals surface area (Å²) in [4.78, 5) is 11.7. The van der Waals surface area contributed by atoms with Crippen molar-refractivity contribution in [3.05, 3.63) is 23.3 Å². The number of fused-ring (bicyclic) bond motifs is 5. The molecule has 0 aromatic rings. The molecule has 1 nitrogen and oxygen atoms in total. The highest BCUT2D eigenvalue weighted by Gasteiger charge is 2.53. The van der Waals surface area contributed by atoms with Crippen LogP contribution in [0.4, 0.5) is 0 Å². The molecule has 4 aliphatic rings. The van der Waals surface area contributed by atoms with Gasteiger partial charge in [-0.3, -0.25) is 4.79 Å². The lowest BCUT2D eigenvalue weighted by molar-refractivity contribution is -0.115. The number of terminal acetylenes is 1. The molecule has 0 saturated heterocycles. The molecule has 0 aromatic carbocycles. The standard InChI is InChI=1S/C20H24O/c1-3-14-5-9-19-18-7-4-13-12-15(21)6-8-16(13)17(18)10-11-20(14,19)2/h1,5,12,16-19H,4,6-11H2,2H3/t16-,17+,18+,19-,20+/m0/s1. The van der Waals surface area contributed by atoms with E-state index in [-0.39, 0.29) is 5.41 Å². The molecule has 21 heavy (non-hydrogen) atoms. The van der Waals surface area contributed by atoms with E-state index in [1.54, 1.807) is 0 Å². The molecule has 0 N–H and O–H groups in total. The van der Waals surface area contributed by atoms with Gasteiger partial charge in [-0.15, -0.1) is 6.42 Å². The van der Waals surface area contributed by atoms with Gasteiger partial charge < -0.3 is 0 Å². The van der Waals surface area contributed by atoms with Crippen molar-refractivity contribution >= 4 is 5.78 Å². The van der Waals surface area contributed by atoms with Gasteiger partial charge in [0.25, 0.3) is 0 Å². The maximum Gasteiger partial charge on any atom is 0.155 e. The van der Waals surface area contributed by atoms with Crippen molar-refractivity contribution in [1.82, 2.24) is 0 Å². The molecule has 0 radical (unpaired) electrons. The van der Waals surface area contributed by atoms with Crippen LogP contribution in [0.2, 0.25) is 0 Å². The Labute approximate surface area is 127 Å². The van der Waals surface area contributed by atoms with Crippen LogP contribution in [0.1, 0.15) is 51.9 Å². The molecule has 1 heteroatoms. The number of allylic oxidation sites excluding steroid dienone is 4. The molecule has 2 fully saturated rings. The lowest BCUT2D eigenvalue weighted by atomic mass is 9.51. The molecule has 0 aliphatic heterocycles. The summed E-state index contributed by atoms with van der Waals surface area (Å²) in [7, 11) is 0. The van der Waals surface area contributed by atoms with Gasteiger partial charge >= 0.3 is 0 Å². The Morgan fingerprint density at radius 3 is 2.90 bits per heavy atom. The van der Waals surface area contributed by atoms with Crippen LogP contribution in [0, 0.1) is 41.4 Å². The van der Waals surface area contributed by atoms with E-state index in [2.05, 4.69) is 18.9 Å². The molecule has 4 rings (SSSR count). The van der Waals surface area contributed by atoms with Gasteiger partial charge in [0.1, 0.15) is 0 Å². The topological polar surface area (TPSA) is 17.1 Å². The van der Waals surface area contributed by atoms with Crippen molar-refractivity contribution in [3.63, 3.8) is 0 Å². The molecule has 0 heterocycles. The highest BCUT2D eigenvalue weighted by Crippen LogP contribution is 2.61. The Balaban J connectivity index is 1.64. The van der Waals surface area contributed by atoms with Crippen molar-refractivity contribution < 1.29 is 4.79 Å². The van der Waals surface area contributed by atoms with Crippen LogP contribution in [0.5, 0.6) is 0 Å². The molecule has 0 aromatic heterocycles. The van der Waals surface area contributed by atoms with Gasteiger partial charge in [0.15, 0.2) is 5.78 Å². The average Bonchev–Trinajstić information content (AvgIpc) is 2.83. The predicted octanol–water partition coefficient (Wildman–Crippen LogP) is 4.30. The van der Waals surface area contributed by atoms with Crippen LogP contribution in [0.25, 0.3) is 0 Å². The first-order valence-electron chi connectivity index (χ1n) is 8.54. The maximum absolute atomic E-state index is 11.7. The number of rotatable bonds is 0. The second-order valence-corrected chi connectivity index (χ2v) is 7.76. The molecular weight excluding hydrogens is 256 g/mol. The summed E-state index contributed by atoms with van der Waals surface area (Å²) in [6, 6.07) is 0. The van der Waals surface area contributed by atoms with Crippen molar-refractivity contribution in [2.24, 2.45) is 29.1 Å². The lowest BCUT2D eigenvalue weighted by Gasteiger charge is -2.53. The zero-order valence-corrected chi connectivity index (χ0v) is 12.9. The van der Waals surface area contributed by atoms with Gasteiger partial charge in [-0.2, -0.15) is 0 Å². The number of carbonyl (C=O) groups is 1. The summed E-state index contributed by atoms with van der Waals surface area (Å²) >= 11 is 0. The Morgan fingerprint density at radius 2 is 2.10 bits per heavy atom. The third-order valence-electron chi connectivity index (χ3n) is 7.04. The summed E-state index contributed by atoms with van der Waals surface area (Å²) in [6.07, 6.45) is 18.1. The first-order valence-corrected chi connectivity index (χ1v) is 8.54. The monoisotopic (exact) mass is 280 g/mol. The van der Waals surface area contributed by atoms with Crippen molar-refractivity contribution in [3.8, 4) is 12.3 Å². The predicted molar refractivity (Wildman–Crippen MR) is 84.4 cm³/mol. The second-order valence-electron chi connectivity index (χ2n) is 7.76. The van der Waals surface area contributed by atoms with E-state index in [0.29, 0.717) is 11.7 Å². The van der Waals surface area contributed by atoms with Gasteiger partial charge in [-0.05, 0) is 68.3 Å². The molecule has 0 amide bonds. The first-order chi connectivity index (χ1) is 10.1. The third kappa shape index (κ3) is 1.81.